The van der Waals surface area contributed by atoms with Crippen LogP contribution in [0.5, 0.6) is 0 Å². The Hall–Kier alpha value is -2.71. The number of nitrogens with one attached hydrogen (secondary N) is 2. The van der Waals surface area contributed by atoms with Crippen LogP contribution >= 0.6 is 0 Å². The first-order valence-corrected chi connectivity index (χ1v) is 10.4. The van der Waals surface area contributed by atoms with Crippen molar-refractivity contribution in [3.63, 3.8) is 0 Å². The number of carbonyl (C=O) groups is 2. The first kappa shape index (κ1) is 21.6. The lowest BCUT2D eigenvalue weighted by Gasteiger charge is -2.14. The molecule has 0 fully saturated rings. The van der Waals surface area contributed by atoms with Gasteiger partial charge in [-0.1, -0.05) is 36.4 Å². The second-order valence-corrected chi connectivity index (χ2v) is 8.00. The highest BCUT2D eigenvalue weighted by molar-refractivity contribution is 7.89. The quantitative estimate of drug-likeness (QED) is 0.657. The third-order valence-electron chi connectivity index (χ3n) is 4.05. The largest absolute Gasteiger partial charge is 0.449 e. The minimum atomic E-state index is -3.82. The highest BCUT2D eigenvalue weighted by Crippen LogP contribution is 2.18. The van der Waals surface area contributed by atoms with Gasteiger partial charge in [0, 0.05) is 13.1 Å². The van der Waals surface area contributed by atoms with E-state index < -0.39 is 28.0 Å². The number of carbonyl (C=O) groups excluding carboxylic acids is 2. The second kappa shape index (κ2) is 9.48. The van der Waals surface area contributed by atoms with E-state index in [4.69, 9.17) is 4.74 Å². The van der Waals surface area contributed by atoms with Gasteiger partial charge in [-0.3, -0.25) is 4.79 Å². The van der Waals surface area contributed by atoms with Gasteiger partial charge in [0.05, 0.1) is 10.5 Å². The number of hydrogen-bond acceptors (Lipinski definition) is 5. The molecular formula is C20H24N2O5S. The maximum Gasteiger partial charge on any atom is 0.339 e. The highest BCUT2D eigenvalue weighted by Gasteiger charge is 2.22. The number of amides is 1. The molecule has 0 aliphatic rings. The van der Waals surface area contributed by atoms with Crippen molar-refractivity contribution in [2.24, 2.45) is 0 Å². The van der Waals surface area contributed by atoms with Gasteiger partial charge < -0.3 is 10.1 Å². The summed E-state index contributed by atoms with van der Waals surface area (Å²) in [5.74, 6) is -1.17. The van der Waals surface area contributed by atoms with Gasteiger partial charge in [-0.05, 0) is 44.0 Å². The molecule has 0 radical (unpaired) electrons. The van der Waals surface area contributed by atoms with E-state index >= 15 is 0 Å². The molecule has 2 aromatic carbocycles. The van der Waals surface area contributed by atoms with Crippen molar-refractivity contribution >= 4 is 21.9 Å². The molecule has 28 heavy (non-hydrogen) atoms. The van der Waals surface area contributed by atoms with Crippen molar-refractivity contribution in [3.8, 4) is 0 Å². The SMILES string of the molecule is CCNC(=O)[C@H](C)OC(=O)c1cc(S(=O)(=O)NCc2ccccc2)ccc1C. The van der Waals surface area contributed by atoms with Crippen molar-refractivity contribution < 1.29 is 22.7 Å². The average molecular weight is 404 g/mol. The summed E-state index contributed by atoms with van der Waals surface area (Å²) in [4.78, 5) is 24.1. The van der Waals surface area contributed by atoms with Crippen LogP contribution in [-0.2, 0) is 26.1 Å². The zero-order valence-corrected chi connectivity index (χ0v) is 16.9. The minimum absolute atomic E-state index is 0.0494. The third-order valence-corrected chi connectivity index (χ3v) is 5.45. The first-order chi connectivity index (χ1) is 13.2. The summed E-state index contributed by atoms with van der Waals surface area (Å²) in [6.45, 7) is 5.43. The van der Waals surface area contributed by atoms with Gasteiger partial charge in [-0.2, -0.15) is 0 Å². The fraction of sp³-hybridized carbons (Fsp3) is 0.300. The van der Waals surface area contributed by atoms with Gasteiger partial charge in [0.1, 0.15) is 0 Å². The van der Waals surface area contributed by atoms with Crippen LogP contribution in [0.1, 0.15) is 35.3 Å². The molecule has 1 amide bonds. The number of rotatable bonds is 8. The molecule has 1 atom stereocenters. The summed E-state index contributed by atoms with van der Waals surface area (Å²) in [6.07, 6.45) is -0.983. The molecule has 0 spiro atoms. The lowest BCUT2D eigenvalue weighted by molar-refractivity contribution is -0.128. The fourth-order valence-electron chi connectivity index (χ4n) is 2.44. The first-order valence-electron chi connectivity index (χ1n) is 8.87. The average Bonchev–Trinajstić information content (AvgIpc) is 2.67. The van der Waals surface area contributed by atoms with E-state index in [0.717, 1.165) is 5.56 Å². The number of benzene rings is 2. The van der Waals surface area contributed by atoms with E-state index in [1.54, 1.807) is 13.8 Å². The number of aryl methyl sites for hydroxylation is 1. The standard InChI is InChI=1S/C20H24N2O5S/c1-4-21-19(23)15(3)27-20(24)18-12-17(11-10-14(18)2)28(25,26)22-13-16-8-6-5-7-9-16/h5-12,15,22H,4,13H2,1-3H3,(H,21,23)/t15-/m0/s1. The lowest BCUT2D eigenvalue weighted by Crippen LogP contribution is -2.35. The van der Waals surface area contributed by atoms with Crippen LogP contribution in [0.4, 0.5) is 0 Å². The van der Waals surface area contributed by atoms with Crippen LogP contribution < -0.4 is 10.0 Å². The summed E-state index contributed by atoms with van der Waals surface area (Å²) in [6, 6.07) is 13.3. The molecule has 0 aliphatic heterocycles. The van der Waals surface area contributed by atoms with Crippen LogP contribution in [0, 0.1) is 6.92 Å². The Morgan fingerprint density at radius 3 is 2.43 bits per heavy atom. The predicted octanol–water partition coefficient (Wildman–Crippen LogP) is 2.15. The molecule has 150 valence electrons. The lowest BCUT2D eigenvalue weighted by atomic mass is 10.1. The molecule has 0 saturated heterocycles. The van der Waals surface area contributed by atoms with Crippen LogP contribution in [0.3, 0.4) is 0 Å². The van der Waals surface area contributed by atoms with Crippen LogP contribution in [0.2, 0.25) is 0 Å². The Morgan fingerprint density at radius 2 is 1.79 bits per heavy atom. The molecule has 0 heterocycles. The number of ether oxygens (including phenoxy) is 1. The maximum atomic E-state index is 12.6. The summed E-state index contributed by atoms with van der Waals surface area (Å²) >= 11 is 0. The smallest absolute Gasteiger partial charge is 0.339 e. The van der Waals surface area contributed by atoms with Gasteiger partial charge in [0.15, 0.2) is 6.10 Å². The summed E-state index contributed by atoms with van der Waals surface area (Å²) < 4.78 is 32.8. The summed E-state index contributed by atoms with van der Waals surface area (Å²) in [5, 5.41) is 2.56. The van der Waals surface area contributed by atoms with Crippen molar-refractivity contribution in [2.75, 3.05) is 6.54 Å². The van der Waals surface area contributed by atoms with E-state index in [9.17, 15) is 18.0 Å². The predicted molar refractivity (Wildman–Crippen MR) is 105 cm³/mol. The molecule has 0 unspecified atom stereocenters. The van der Waals surface area contributed by atoms with Crippen molar-refractivity contribution in [3.05, 3.63) is 65.2 Å². The van der Waals surface area contributed by atoms with Gasteiger partial charge in [0.2, 0.25) is 10.0 Å². The zero-order valence-electron chi connectivity index (χ0n) is 16.1. The van der Waals surface area contributed by atoms with Crippen LogP contribution in [0.15, 0.2) is 53.4 Å². The van der Waals surface area contributed by atoms with Crippen LogP contribution in [-0.4, -0.2) is 32.9 Å². The van der Waals surface area contributed by atoms with Gasteiger partial charge >= 0.3 is 5.97 Å². The Kier molecular flexibility index (Phi) is 7.31. The molecule has 0 aliphatic carbocycles. The topological polar surface area (TPSA) is 102 Å². The molecule has 2 aromatic rings. The Labute approximate surface area is 165 Å². The fourth-order valence-corrected chi connectivity index (χ4v) is 3.48. The van der Waals surface area contributed by atoms with Gasteiger partial charge in [-0.25, -0.2) is 17.9 Å². The van der Waals surface area contributed by atoms with Crippen molar-refractivity contribution in [1.82, 2.24) is 10.0 Å². The Bertz CT molecular complexity index is 942. The number of esters is 1. The molecule has 8 heteroatoms. The van der Waals surface area contributed by atoms with Gasteiger partial charge in [0.25, 0.3) is 5.91 Å². The van der Waals surface area contributed by atoms with Crippen molar-refractivity contribution in [2.45, 2.75) is 38.3 Å². The summed E-state index contributed by atoms with van der Waals surface area (Å²) in [5.41, 5.74) is 1.46. The molecule has 2 rings (SSSR count). The third kappa shape index (κ3) is 5.64. The highest BCUT2D eigenvalue weighted by atomic mass is 32.2. The minimum Gasteiger partial charge on any atom is -0.449 e. The van der Waals surface area contributed by atoms with Gasteiger partial charge in [-0.15, -0.1) is 0 Å². The summed E-state index contributed by atoms with van der Waals surface area (Å²) in [7, 11) is -3.82. The molecule has 2 N–H and O–H groups in total. The molecular weight excluding hydrogens is 380 g/mol. The van der Waals surface area contributed by atoms with E-state index in [2.05, 4.69) is 10.0 Å². The normalized spacial score (nSPS) is 12.2. The zero-order chi connectivity index (χ0) is 20.7. The number of hydrogen-bond donors (Lipinski definition) is 2. The molecule has 0 saturated carbocycles. The van der Waals surface area contributed by atoms with E-state index in [1.807, 2.05) is 30.3 Å². The second-order valence-electron chi connectivity index (χ2n) is 6.23. The van der Waals surface area contributed by atoms with E-state index in [0.29, 0.717) is 12.1 Å². The maximum absolute atomic E-state index is 12.6. The van der Waals surface area contributed by atoms with Crippen LogP contribution in [0.25, 0.3) is 0 Å². The number of likely N-dealkylation sites (N-methyl/N-ethyl adjacent to an activating group) is 1. The molecule has 0 bridgehead atoms. The number of sulfonamides is 1. The monoisotopic (exact) mass is 404 g/mol. The molecule has 7 nitrogen and oxygen atoms in total. The Balaban J connectivity index is 2.17. The molecule has 0 aromatic heterocycles. The van der Waals surface area contributed by atoms with Crippen molar-refractivity contribution in [1.29, 1.82) is 0 Å². The van der Waals surface area contributed by atoms with E-state index in [1.165, 1.54) is 25.1 Å². The van der Waals surface area contributed by atoms with E-state index in [-0.39, 0.29) is 17.0 Å². The Morgan fingerprint density at radius 1 is 1.11 bits per heavy atom.